The lowest BCUT2D eigenvalue weighted by Gasteiger charge is -1.92. The van der Waals surface area contributed by atoms with Crippen molar-refractivity contribution in [2.24, 2.45) is 0 Å². The molecule has 3 rings (SSSR count). The number of fused-ring (bicyclic) bond motifs is 1. The van der Waals surface area contributed by atoms with Crippen LogP contribution in [-0.2, 0) is 6.61 Å². The van der Waals surface area contributed by atoms with E-state index in [1.807, 2.05) is 62.4 Å². The Hall–Kier alpha value is -2.13. The molecule has 0 saturated carbocycles. The smallest absolute Gasteiger partial charge is 0.227 e. The zero-order valence-electron chi connectivity index (χ0n) is 11.1. The first-order chi connectivity index (χ1) is 9.36. The van der Waals surface area contributed by atoms with E-state index in [1.165, 1.54) is 0 Å². The average Bonchev–Trinajstić information content (AvgIpc) is 2.93. The van der Waals surface area contributed by atoms with E-state index in [0.29, 0.717) is 5.89 Å². The summed E-state index contributed by atoms with van der Waals surface area (Å²) >= 11 is 0. The molecule has 1 heterocycles. The van der Waals surface area contributed by atoms with E-state index in [-0.39, 0.29) is 6.61 Å². The second-order valence-electron chi connectivity index (χ2n) is 3.85. The molecule has 3 heteroatoms. The van der Waals surface area contributed by atoms with Crippen molar-refractivity contribution in [3.63, 3.8) is 0 Å². The number of nitrogens with zero attached hydrogens (tertiary/aromatic N) is 1. The van der Waals surface area contributed by atoms with E-state index in [9.17, 15) is 0 Å². The minimum absolute atomic E-state index is 0.0173. The fourth-order valence-electron chi connectivity index (χ4n) is 1.78. The maximum atomic E-state index is 9.06. The Morgan fingerprint density at radius 2 is 1.79 bits per heavy atom. The van der Waals surface area contributed by atoms with Crippen molar-refractivity contribution in [2.75, 3.05) is 0 Å². The highest BCUT2D eigenvalue weighted by Crippen LogP contribution is 2.24. The minimum Gasteiger partial charge on any atom is -0.436 e. The van der Waals surface area contributed by atoms with Crippen molar-refractivity contribution in [2.45, 2.75) is 20.5 Å². The van der Waals surface area contributed by atoms with Crippen LogP contribution in [0.4, 0.5) is 0 Å². The minimum atomic E-state index is 0.0173. The molecule has 0 radical (unpaired) electrons. The van der Waals surface area contributed by atoms with Gasteiger partial charge in [-0.25, -0.2) is 4.98 Å². The lowest BCUT2D eigenvalue weighted by molar-refractivity contribution is 0.282. The van der Waals surface area contributed by atoms with Crippen LogP contribution in [0.2, 0.25) is 0 Å². The van der Waals surface area contributed by atoms with Crippen molar-refractivity contribution in [1.29, 1.82) is 0 Å². The Labute approximate surface area is 112 Å². The Bertz CT molecular complexity index is 644. The molecule has 1 aromatic heterocycles. The van der Waals surface area contributed by atoms with Gasteiger partial charge in [0.05, 0.1) is 6.61 Å². The van der Waals surface area contributed by atoms with Gasteiger partial charge in [-0.3, -0.25) is 0 Å². The summed E-state index contributed by atoms with van der Waals surface area (Å²) in [5.74, 6) is 0.607. The van der Waals surface area contributed by atoms with E-state index in [0.717, 1.165) is 22.2 Å². The summed E-state index contributed by atoms with van der Waals surface area (Å²) in [6, 6.07) is 15.3. The second-order valence-corrected chi connectivity index (χ2v) is 3.85. The highest BCUT2D eigenvalue weighted by molar-refractivity contribution is 5.76. The number of aliphatic hydroxyl groups is 1. The van der Waals surface area contributed by atoms with Crippen LogP contribution in [0, 0.1) is 0 Å². The molecule has 0 aliphatic rings. The SMILES string of the molecule is CC.OCc1ccc2oc(-c3ccccc3)nc2c1. The number of rotatable bonds is 2. The summed E-state index contributed by atoms with van der Waals surface area (Å²) in [6.07, 6.45) is 0. The van der Waals surface area contributed by atoms with E-state index in [2.05, 4.69) is 4.98 Å². The molecule has 98 valence electrons. The lowest BCUT2D eigenvalue weighted by Crippen LogP contribution is -1.81. The summed E-state index contributed by atoms with van der Waals surface area (Å²) in [5.41, 5.74) is 3.30. The summed E-state index contributed by atoms with van der Waals surface area (Å²) in [6.45, 7) is 4.02. The van der Waals surface area contributed by atoms with Crippen LogP contribution in [0.3, 0.4) is 0 Å². The van der Waals surface area contributed by atoms with Crippen LogP contribution in [0.25, 0.3) is 22.6 Å². The average molecular weight is 255 g/mol. The highest BCUT2D eigenvalue weighted by atomic mass is 16.3. The van der Waals surface area contributed by atoms with Crippen LogP contribution in [0.15, 0.2) is 52.9 Å². The molecule has 0 atom stereocenters. The van der Waals surface area contributed by atoms with Gasteiger partial charge in [0.15, 0.2) is 5.58 Å². The first-order valence-electron chi connectivity index (χ1n) is 6.42. The molecule has 3 aromatic rings. The third kappa shape index (κ3) is 2.83. The monoisotopic (exact) mass is 255 g/mol. The topological polar surface area (TPSA) is 46.3 Å². The van der Waals surface area contributed by atoms with Gasteiger partial charge in [0.1, 0.15) is 5.52 Å². The number of aromatic nitrogens is 1. The van der Waals surface area contributed by atoms with Crippen molar-refractivity contribution in [3.05, 3.63) is 54.1 Å². The maximum absolute atomic E-state index is 9.06. The summed E-state index contributed by atoms with van der Waals surface area (Å²) in [5, 5.41) is 9.06. The van der Waals surface area contributed by atoms with E-state index >= 15 is 0 Å². The zero-order chi connectivity index (χ0) is 13.7. The van der Waals surface area contributed by atoms with Gasteiger partial charge in [-0.15, -0.1) is 0 Å². The van der Waals surface area contributed by atoms with Crippen LogP contribution in [-0.4, -0.2) is 10.1 Å². The molecule has 0 fully saturated rings. The maximum Gasteiger partial charge on any atom is 0.227 e. The van der Waals surface area contributed by atoms with Gasteiger partial charge in [0.2, 0.25) is 5.89 Å². The number of benzene rings is 2. The van der Waals surface area contributed by atoms with Gasteiger partial charge in [0, 0.05) is 5.56 Å². The molecule has 19 heavy (non-hydrogen) atoms. The molecule has 2 aromatic carbocycles. The fraction of sp³-hybridized carbons (Fsp3) is 0.188. The summed E-state index contributed by atoms with van der Waals surface area (Å²) in [4.78, 5) is 4.41. The molecule has 3 nitrogen and oxygen atoms in total. The highest BCUT2D eigenvalue weighted by Gasteiger charge is 2.07. The quantitative estimate of drug-likeness (QED) is 0.752. The molecule has 0 saturated heterocycles. The normalized spacial score (nSPS) is 10.1. The summed E-state index contributed by atoms with van der Waals surface area (Å²) in [7, 11) is 0. The predicted molar refractivity (Wildman–Crippen MR) is 76.7 cm³/mol. The molecule has 0 spiro atoms. The second kappa shape index (κ2) is 6.16. The van der Waals surface area contributed by atoms with E-state index in [1.54, 1.807) is 0 Å². The Morgan fingerprint density at radius 3 is 2.47 bits per heavy atom. The Kier molecular flexibility index (Phi) is 4.31. The van der Waals surface area contributed by atoms with Crippen LogP contribution in [0.5, 0.6) is 0 Å². The molecule has 0 aliphatic carbocycles. The third-order valence-corrected chi connectivity index (χ3v) is 2.66. The van der Waals surface area contributed by atoms with E-state index in [4.69, 9.17) is 9.52 Å². The Morgan fingerprint density at radius 1 is 1.05 bits per heavy atom. The molecule has 0 bridgehead atoms. The van der Waals surface area contributed by atoms with Gasteiger partial charge >= 0.3 is 0 Å². The molecule has 0 aliphatic heterocycles. The lowest BCUT2D eigenvalue weighted by atomic mass is 10.2. The molecular weight excluding hydrogens is 238 g/mol. The van der Waals surface area contributed by atoms with Crippen molar-refractivity contribution in [3.8, 4) is 11.5 Å². The number of oxazole rings is 1. The van der Waals surface area contributed by atoms with Gasteiger partial charge in [-0.05, 0) is 29.8 Å². The first-order valence-corrected chi connectivity index (χ1v) is 6.42. The van der Waals surface area contributed by atoms with Crippen LogP contribution >= 0.6 is 0 Å². The predicted octanol–water partition coefficient (Wildman–Crippen LogP) is 4.01. The van der Waals surface area contributed by atoms with Gasteiger partial charge < -0.3 is 9.52 Å². The third-order valence-electron chi connectivity index (χ3n) is 2.66. The van der Waals surface area contributed by atoms with E-state index < -0.39 is 0 Å². The number of hydrogen-bond donors (Lipinski definition) is 1. The standard InChI is InChI=1S/C14H11NO2.C2H6/c16-9-10-6-7-13-12(8-10)15-14(17-13)11-4-2-1-3-5-11;1-2/h1-8,16H,9H2;1-2H3. The summed E-state index contributed by atoms with van der Waals surface area (Å²) < 4.78 is 5.66. The van der Waals surface area contributed by atoms with Gasteiger partial charge in [-0.2, -0.15) is 0 Å². The van der Waals surface area contributed by atoms with Gasteiger partial charge in [0.25, 0.3) is 0 Å². The zero-order valence-corrected chi connectivity index (χ0v) is 11.1. The fourth-order valence-corrected chi connectivity index (χ4v) is 1.78. The van der Waals surface area contributed by atoms with Crippen molar-refractivity contribution < 1.29 is 9.52 Å². The number of aliphatic hydroxyl groups excluding tert-OH is 1. The molecule has 0 amide bonds. The van der Waals surface area contributed by atoms with Crippen LogP contribution < -0.4 is 0 Å². The largest absolute Gasteiger partial charge is 0.436 e. The molecule has 0 unspecified atom stereocenters. The molecular formula is C16H17NO2. The van der Waals surface area contributed by atoms with Gasteiger partial charge in [-0.1, -0.05) is 38.1 Å². The first kappa shape index (κ1) is 13.3. The van der Waals surface area contributed by atoms with Crippen molar-refractivity contribution >= 4 is 11.1 Å². The Balaban J connectivity index is 0.000000637. The number of hydrogen-bond acceptors (Lipinski definition) is 3. The van der Waals surface area contributed by atoms with Crippen LogP contribution in [0.1, 0.15) is 19.4 Å². The molecule has 1 N–H and O–H groups in total. The van der Waals surface area contributed by atoms with Crippen molar-refractivity contribution in [1.82, 2.24) is 4.98 Å².